The number of pyridine rings is 1. The molecular formula is C24H27F3N4O4. The third kappa shape index (κ3) is 6.72. The van der Waals surface area contributed by atoms with E-state index in [9.17, 15) is 22.8 Å². The minimum atomic E-state index is -4.33. The highest BCUT2D eigenvalue weighted by atomic mass is 19.4. The summed E-state index contributed by atoms with van der Waals surface area (Å²) in [6, 6.07) is 9.69. The van der Waals surface area contributed by atoms with Gasteiger partial charge in [0.15, 0.2) is 5.69 Å². The first kappa shape index (κ1) is 26.0. The Bertz CT molecular complexity index is 1180. The van der Waals surface area contributed by atoms with Crippen molar-refractivity contribution < 1.29 is 32.2 Å². The van der Waals surface area contributed by atoms with Crippen LogP contribution in [0.4, 0.5) is 24.5 Å². The second-order valence-electron chi connectivity index (χ2n) is 8.03. The van der Waals surface area contributed by atoms with Crippen LogP contribution in [0.2, 0.25) is 0 Å². The Morgan fingerprint density at radius 3 is 2.51 bits per heavy atom. The van der Waals surface area contributed by atoms with Crippen molar-refractivity contribution in [1.29, 1.82) is 0 Å². The van der Waals surface area contributed by atoms with Crippen molar-refractivity contribution in [3.8, 4) is 0 Å². The average Bonchev–Trinajstić information content (AvgIpc) is 3.08. The number of alkyl halides is 3. The lowest BCUT2D eigenvalue weighted by molar-refractivity contribution is -0.136. The maximum atomic E-state index is 12.9. The lowest BCUT2D eigenvalue weighted by Gasteiger charge is -2.17. The fourth-order valence-corrected chi connectivity index (χ4v) is 3.79. The second-order valence-corrected chi connectivity index (χ2v) is 8.03. The average molecular weight is 492 g/mol. The number of halogens is 3. The molecule has 0 aliphatic rings. The van der Waals surface area contributed by atoms with Gasteiger partial charge >= 0.3 is 12.1 Å². The largest absolute Gasteiger partial charge is 0.464 e. The molecule has 1 atom stereocenters. The predicted molar refractivity (Wildman–Crippen MR) is 125 cm³/mol. The number of esters is 1. The van der Waals surface area contributed by atoms with Crippen LogP contribution in [0, 0.1) is 0 Å². The zero-order valence-electron chi connectivity index (χ0n) is 19.6. The number of amides is 1. The molecule has 0 saturated carbocycles. The molecule has 0 aliphatic heterocycles. The molecule has 188 valence electrons. The van der Waals surface area contributed by atoms with Crippen molar-refractivity contribution in [3.05, 3.63) is 53.9 Å². The standard InChI is InChI=1S/C24H27F3N4O4/c1-15(13-24(25,26)27)29-17-12-18-20(30-19(32)11-16-7-5-4-6-8-16)21(23(33)35-3)31(9-10-34-2)22(18)28-14-17/h4-8,12,14-15,29H,9-11,13H2,1-3H3,(H,30,32). The number of methoxy groups -OCH3 is 2. The normalized spacial score (nSPS) is 12.4. The van der Waals surface area contributed by atoms with Crippen LogP contribution < -0.4 is 10.6 Å². The van der Waals surface area contributed by atoms with E-state index >= 15 is 0 Å². The predicted octanol–water partition coefficient (Wildman–Crippen LogP) is 4.40. The summed E-state index contributed by atoms with van der Waals surface area (Å²) in [5, 5.41) is 5.95. The van der Waals surface area contributed by atoms with Crippen molar-refractivity contribution in [2.75, 3.05) is 31.5 Å². The molecule has 1 aromatic carbocycles. The van der Waals surface area contributed by atoms with Crippen LogP contribution in [0.3, 0.4) is 0 Å². The zero-order chi connectivity index (χ0) is 25.6. The summed E-state index contributed by atoms with van der Waals surface area (Å²) >= 11 is 0. The van der Waals surface area contributed by atoms with Gasteiger partial charge in [-0.3, -0.25) is 4.79 Å². The Morgan fingerprint density at radius 2 is 1.89 bits per heavy atom. The Hall–Kier alpha value is -3.60. The van der Waals surface area contributed by atoms with Crippen LogP contribution >= 0.6 is 0 Å². The molecule has 3 aromatic rings. The molecule has 0 fully saturated rings. The summed E-state index contributed by atoms with van der Waals surface area (Å²) in [5.74, 6) is -1.08. The Labute approximate surface area is 200 Å². The van der Waals surface area contributed by atoms with Gasteiger partial charge in [0.1, 0.15) is 5.65 Å². The SMILES string of the molecule is COCCn1c(C(=O)OC)c(NC(=O)Cc2ccccc2)c2cc(NC(C)CC(F)(F)F)cnc21. The lowest BCUT2D eigenvalue weighted by atomic mass is 10.1. The molecule has 2 N–H and O–H groups in total. The van der Waals surface area contributed by atoms with Gasteiger partial charge in [-0.1, -0.05) is 30.3 Å². The summed E-state index contributed by atoms with van der Waals surface area (Å²) in [6.45, 7) is 1.88. The highest BCUT2D eigenvalue weighted by molar-refractivity contribution is 6.11. The van der Waals surface area contributed by atoms with Gasteiger partial charge in [-0.2, -0.15) is 13.2 Å². The first-order valence-electron chi connectivity index (χ1n) is 10.9. The van der Waals surface area contributed by atoms with Gasteiger partial charge in [0, 0.05) is 25.1 Å². The van der Waals surface area contributed by atoms with E-state index in [2.05, 4.69) is 15.6 Å². The first-order chi connectivity index (χ1) is 16.6. The molecule has 0 spiro atoms. The maximum Gasteiger partial charge on any atom is 0.391 e. The molecule has 1 amide bonds. The zero-order valence-corrected chi connectivity index (χ0v) is 19.6. The van der Waals surface area contributed by atoms with E-state index in [4.69, 9.17) is 9.47 Å². The Morgan fingerprint density at radius 1 is 1.17 bits per heavy atom. The van der Waals surface area contributed by atoms with Gasteiger partial charge in [0.05, 0.1) is 44.1 Å². The van der Waals surface area contributed by atoms with Gasteiger partial charge in [-0.15, -0.1) is 0 Å². The van der Waals surface area contributed by atoms with E-state index < -0.39 is 24.6 Å². The monoisotopic (exact) mass is 492 g/mol. The summed E-state index contributed by atoms with van der Waals surface area (Å²) in [6.07, 6.45) is -3.93. The molecule has 0 aliphatic carbocycles. The number of nitrogens with one attached hydrogen (secondary N) is 2. The number of benzene rings is 1. The van der Waals surface area contributed by atoms with Crippen LogP contribution in [-0.4, -0.2) is 54.5 Å². The maximum absolute atomic E-state index is 12.9. The number of nitrogens with zero attached hydrogens (tertiary/aromatic N) is 2. The number of rotatable bonds is 10. The fraction of sp³-hybridized carbons (Fsp3) is 0.375. The summed E-state index contributed by atoms with van der Waals surface area (Å²) in [5.41, 5.74) is 1.67. The minimum Gasteiger partial charge on any atom is -0.464 e. The second kappa shape index (κ2) is 11.2. The molecule has 2 heterocycles. The molecular weight excluding hydrogens is 465 g/mol. The van der Waals surface area contributed by atoms with Crippen LogP contribution in [0.25, 0.3) is 11.0 Å². The minimum absolute atomic E-state index is 0.0557. The van der Waals surface area contributed by atoms with Gasteiger partial charge in [-0.05, 0) is 18.6 Å². The van der Waals surface area contributed by atoms with Crippen LogP contribution in [0.1, 0.15) is 29.4 Å². The number of anilines is 2. The number of fused-ring (bicyclic) bond motifs is 1. The van der Waals surface area contributed by atoms with E-state index in [1.807, 2.05) is 18.2 Å². The highest BCUT2D eigenvalue weighted by Gasteiger charge is 2.30. The third-order valence-electron chi connectivity index (χ3n) is 5.22. The van der Waals surface area contributed by atoms with E-state index in [0.29, 0.717) is 16.7 Å². The van der Waals surface area contributed by atoms with Crippen LogP contribution in [-0.2, 0) is 27.2 Å². The van der Waals surface area contributed by atoms with Gasteiger partial charge in [-0.25, -0.2) is 9.78 Å². The number of hydrogen-bond acceptors (Lipinski definition) is 6. The fourth-order valence-electron chi connectivity index (χ4n) is 3.79. The van der Waals surface area contributed by atoms with Crippen LogP contribution in [0.5, 0.6) is 0 Å². The summed E-state index contributed by atoms with van der Waals surface area (Å²) in [4.78, 5) is 30.0. The molecule has 0 radical (unpaired) electrons. The third-order valence-corrected chi connectivity index (χ3v) is 5.22. The summed E-state index contributed by atoms with van der Waals surface area (Å²) < 4.78 is 50.0. The number of ether oxygens (including phenoxy) is 2. The molecule has 0 saturated heterocycles. The number of carbonyl (C=O) groups excluding carboxylic acids is 2. The lowest BCUT2D eigenvalue weighted by Crippen LogP contribution is -2.23. The molecule has 3 rings (SSSR count). The molecule has 1 unspecified atom stereocenters. The topological polar surface area (TPSA) is 94.5 Å². The highest BCUT2D eigenvalue weighted by Crippen LogP contribution is 2.33. The Kier molecular flexibility index (Phi) is 8.34. The molecule has 11 heteroatoms. The van der Waals surface area contributed by atoms with E-state index in [-0.39, 0.29) is 36.9 Å². The molecule has 8 nitrogen and oxygen atoms in total. The molecule has 0 bridgehead atoms. The van der Waals surface area contributed by atoms with Gasteiger partial charge < -0.3 is 24.7 Å². The quantitative estimate of drug-likeness (QED) is 0.408. The van der Waals surface area contributed by atoms with E-state index in [1.54, 1.807) is 22.8 Å². The van der Waals surface area contributed by atoms with Crippen molar-refractivity contribution in [2.24, 2.45) is 0 Å². The van der Waals surface area contributed by atoms with E-state index in [1.165, 1.54) is 27.3 Å². The van der Waals surface area contributed by atoms with Crippen molar-refractivity contribution in [2.45, 2.75) is 38.5 Å². The van der Waals surface area contributed by atoms with Crippen molar-refractivity contribution >= 4 is 34.3 Å². The first-order valence-corrected chi connectivity index (χ1v) is 10.9. The van der Waals surface area contributed by atoms with Crippen LogP contribution in [0.15, 0.2) is 42.6 Å². The Balaban J connectivity index is 2.05. The number of hydrogen-bond donors (Lipinski definition) is 2. The van der Waals surface area contributed by atoms with Gasteiger partial charge in [0.2, 0.25) is 5.91 Å². The number of carbonyl (C=O) groups is 2. The smallest absolute Gasteiger partial charge is 0.391 e. The van der Waals surface area contributed by atoms with E-state index in [0.717, 1.165) is 5.56 Å². The van der Waals surface area contributed by atoms with Crippen molar-refractivity contribution in [1.82, 2.24) is 9.55 Å². The van der Waals surface area contributed by atoms with Gasteiger partial charge in [0.25, 0.3) is 0 Å². The molecule has 35 heavy (non-hydrogen) atoms. The summed E-state index contributed by atoms with van der Waals surface area (Å²) in [7, 11) is 2.72. The van der Waals surface area contributed by atoms with Crippen molar-refractivity contribution in [3.63, 3.8) is 0 Å². The number of aromatic nitrogens is 2. The molecule has 2 aromatic heterocycles.